The number of sulfonamides is 2. The van der Waals surface area contributed by atoms with Crippen molar-refractivity contribution < 1.29 is 26.3 Å². The molecule has 2 aromatic rings. The largest absolute Gasteiger partial charge is 0.497 e. The summed E-state index contributed by atoms with van der Waals surface area (Å²) in [5, 5.41) is 8.40. The van der Waals surface area contributed by atoms with Gasteiger partial charge in [0, 0.05) is 19.6 Å². The minimum absolute atomic E-state index is 0.102. The first kappa shape index (κ1) is 25.3. The van der Waals surface area contributed by atoms with Gasteiger partial charge in [0.25, 0.3) is 0 Å². The van der Waals surface area contributed by atoms with Gasteiger partial charge in [-0.25, -0.2) is 22.0 Å². The zero-order chi connectivity index (χ0) is 24.2. The van der Waals surface area contributed by atoms with Crippen LogP contribution in [0.25, 0.3) is 0 Å². The van der Waals surface area contributed by atoms with E-state index in [1.54, 1.807) is 31.4 Å². The lowest BCUT2D eigenvalue weighted by Crippen LogP contribution is -2.36. The molecule has 1 aliphatic rings. The van der Waals surface area contributed by atoms with E-state index in [2.05, 4.69) is 5.32 Å². The summed E-state index contributed by atoms with van der Waals surface area (Å²) in [7, 11) is -4.89. The maximum atomic E-state index is 13.0. The maximum Gasteiger partial charge on any atom is 0.243 e. The topological polar surface area (TPSA) is 128 Å². The molecule has 3 rings (SSSR count). The van der Waals surface area contributed by atoms with Crippen molar-refractivity contribution in [1.82, 2.24) is 4.31 Å². The summed E-state index contributed by atoms with van der Waals surface area (Å²) in [6.07, 6.45) is 2.57. The molecule has 0 aromatic heterocycles. The Balaban J connectivity index is 1.65. The molecule has 0 amide bonds. The molecule has 0 spiro atoms. The average molecular weight is 498 g/mol. The highest BCUT2D eigenvalue weighted by molar-refractivity contribution is 7.90. The molecule has 33 heavy (non-hydrogen) atoms. The molecule has 1 saturated carbocycles. The molecule has 9 nitrogen and oxygen atoms in total. The molecule has 1 unspecified atom stereocenters. The van der Waals surface area contributed by atoms with E-state index in [1.165, 1.54) is 23.5 Å². The normalized spacial score (nSPS) is 15.3. The van der Waals surface area contributed by atoms with Crippen molar-refractivity contribution >= 4 is 25.7 Å². The van der Waals surface area contributed by atoms with E-state index in [-0.39, 0.29) is 21.5 Å². The van der Waals surface area contributed by atoms with E-state index in [4.69, 9.17) is 14.6 Å². The summed E-state index contributed by atoms with van der Waals surface area (Å²) in [6, 6.07) is 11.0. The first-order valence-electron chi connectivity index (χ1n) is 10.7. The minimum Gasteiger partial charge on any atom is -0.497 e. The molecule has 0 saturated heterocycles. The summed E-state index contributed by atoms with van der Waals surface area (Å²) in [5.74, 6) is 1.77. The third-order valence-electron chi connectivity index (χ3n) is 5.78. The number of anilines is 1. The number of primary sulfonamides is 1. The van der Waals surface area contributed by atoms with Crippen molar-refractivity contribution in [2.75, 3.05) is 32.6 Å². The fourth-order valence-electron chi connectivity index (χ4n) is 3.46. The van der Waals surface area contributed by atoms with Crippen LogP contribution < -0.4 is 19.9 Å². The van der Waals surface area contributed by atoms with E-state index < -0.39 is 20.0 Å². The van der Waals surface area contributed by atoms with Crippen LogP contribution in [0.3, 0.4) is 0 Å². The van der Waals surface area contributed by atoms with Crippen molar-refractivity contribution in [3.63, 3.8) is 0 Å². The molecule has 0 bridgehead atoms. The van der Waals surface area contributed by atoms with Crippen molar-refractivity contribution in [3.8, 4) is 11.5 Å². The lowest BCUT2D eigenvalue weighted by Gasteiger charge is -2.24. The SMILES string of the molecule is COc1ccc(OCCCNc2ccc(S(=O)(=O)N(C)C(C)C3CC3)cc2S(N)(=O)=O)cc1. The van der Waals surface area contributed by atoms with E-state index in [0.717, 1.165) is 24.7 Å². The number of nitrogens with one attached hydrogen (secondary N) is 1. The summed E-state index contributed by atoms with van der Waals surface area (Å²) in [4.78, 5) is -0.359. The summed E-state index contributed by atoms with van der Waals surface area (Å²) in [6.45, 7) is 2.67. The number of benzene rings is 2. The highest BCUT2D eigenvalue weighted by Crippen LogP contribution is 2.37. The quantitative estimate of drug-likeness (QED) is 0.431. The highest BCUT2D eigenvalue weighted by Gasteiger charge is 2.36. The fraction of sp³-hybridized carbons (Fsp3) is 0.455. The summed E-state index contributed by atoms with van der Waals surface area (Å²) >= 11 is 0. The Bertz CT molecular complexity index is 1160. The van der Waals surface area contributed by atoms with E-state index in [1.807, 2.05) is 6.92 Å². The average Bonchev–Trinajstić information content (AvgIpc) is 3.63. The molecule has 1 aliphatic carbocycles. The van der Waals surface area contributed by atoms with Gasteiger partial charge < -0.3 is 14.8 Å². The molecule has 2 aromatic carbocycles. The van der Waals surface area contributed by atoms with Crippen LogP contribution >= 0.6 is 0 Å². The van der Waals surface area contributed by atoms with Gasteiger partial charge in [-0.15, -0.1) is 0 Å². The van der Waals surface area contributed by atoms with Gasteiger partial charge in [-0.05, 0) is 74.6 Å². The Morgan fingerprint density at radius 3 is 2.30 bits per heavy atom. The lowest BCUT2D eigenvalue weighted by molar-refractivity contribution is 0.314. The monoisotopic (exact) mass is 497 g/mol. The third-order valence-corrected chi connectivity index (χ3v) is 8.67. The van der Waals surface area contributed by atoms with Crippen LogP contribution in [-0.4, -0.2) is 54.5 Å². The van der Waals surface area contributed by atoms with Crippen molar-refractivity contribution in [1.29, 1.82) is 0 Å². The Morgan fingerprint density at radius 1 is 1.09 bits per heavy atom. The standard InChI is InChI=1S/C22H31N3O6S2/c1-16(17-5-6-17)25(2)33(28,29)20-11-12-21(22(15-20)32(23,26)27)24-13-4-14-31-19-9-7-18(30-3)8-10-19/h7-12,15-17,24H,4-6,13-14H2,1-3H3,(H2,23,26,27). The van der Waals surface area contributed by atoms with Crippen LogP contribution in [0, 0.1) is 5.92 Å². The smallest absolute Gasteiger partial charge is 0.243 e. The number of hydrogen-bond donors (Lipinski definition) is 2. The molecule has 3 N–H and O–H groups in total. The van der Waals surface area contributed by atoms with Crippen molar-refractivity contribution in [2.45, 2.75) is 42.0 Å². The second-order valence-corrected chi connectivity index (χ2v) is 11.6. The Labute approximate surface area is 196 Å². The molecule has 182 valence electrons. The molecule has 0 radical (unpaired) electrons. The van der Waals surface area contributed by atoms with Crippen molar-refractivity contribution in [2.24, 2.45) is 11.1 Å². The van der Waals surface area contributed by atoms with Gasteiger partial charge in [-0.1, -0.05) is 0 Å². The summed E-state index contributed by atoms with van der Waals surface area (Å²) in [5.41, 5.74) is 0.249. The van der Waals surface area contributed by atoms with Gasteiger partial charge in [0.15, 0.2) is 0 Å². The fourth-order valence-corrected chi connectivity index (χ4v) is 5.72. The Hall–Kier alpha value is -2.34. The number of methoxy groups -OCH3 is 1. The second kappa shape index (κ2) is 10.3. The Kier molecular flexibility index (Phi) is 7.88. The van der Waals surface area contributed by atoms with Gasteiger partial charge in [0.05, 0.1) is 24.3 Å². The highest BCUT2D eigenvalue weighted by atomic mass is 32.2. The molecule has 11 heteroatoms. The van der Waals surface area contributed by atoms with Crippen LogP contribution in [0.2, 0.25) is 0 Å². The number of nitrogens with two attached hydrogens (primary N) is 1. The van der Waals surface area contributed by atoms with Crippen LogP contribution in [0.5, 0.6) is 11.5 Å². The number of hydrogen-bond acceptors (Lipinski definition) is 7. The molecule has 1 atom stereocenters. The predicted octanol–water partition coefficient (Wildman–Crippen LogP) is 2.64. The number of rotatable bonds is 12. The first-order chi connectivity index (χ1) is 15.5. The molecule has 0 aliphatic heterocycles. The lowest BCUT2D eigenvalue weighted by atomic mass is 10.2. The molecular formula is C22H31N3O6S2. The van der Waals surface area contributed by atoms with Gasteiger partial charge in [0.1, 0.15) is 16.4 Å². The number of nitrogens with zero attached hydrogens (tertiary/aromatic N) is 1. The van der Waals surface area contributed by atoms with Crippen LogP contribution in [0.15, 0.2) is 52.3 Å². The zero-order valence-electron chi connectivity index (χ0n) is 19.0. The van der Waals surface area contributed by atoms with Gasteiger partial charge >= 0.3 is 0 Å². The maximum absolute atomic E-state index is 13.0. The van der Waals surface area contributed by atoms with Crippen molar-refractivity contribution in [3.05, 3.63) is 42.5 Å². The summed E-state index contributed by atoms with van der Waals surface area (Å²) < 4.78 is 62.4. The van der Waals surface area contributed by atoms with Crippen LogP contribution in [0.1, 0.15) is 26.2 Å². The number of ether oxygens (including phenoxy) is 2. The van der Waals surface area contributed by atoms with Crippen LogP contribution in [0.4, 0.5) is 5.69 Å². The van der Waals surface area contributed by atoms with Crippen LogP contribution in [-0.2, 0) is 20.0 Å². The van der Waals surface area contributed by atoms with E-state index in [9.17, 15) is 16.8 Å². The minimum atomic E-state index is -4.15. The molecule has 0 heterocycles. The van der Waals surface area contributed by atoms with E-state index in [0.29, 0.717) is 31.2 Å². The van der Waals surface area contributed by atoms with E-state index >= 15 is 0 Å². The van der Waals surface area contributed by atoms with Gasteiger partial charge in [0.2, 0.25) is 20.0 Å². The second-order valence-electron chi connectivity index (χ2n) is 8.11. The Morgan fingerprint density at radius 2 is 1.73 bits per heavy atom. The predicted molar refractivity (Wildman–Crippen MR) is 127 cm³/mol. The molecule has 1 fully saturated rings. The van der Waals surface area contributed by atoms with Gasteiger partial charge in [-0.3, -0.25) is 0 Å². The molecular weight excluding hydrogens is 466 g/mol. The first-order valence-corrected chi connectivity index (χ1v) is 13.7. The van der Waals surface area contributed by atoms with Gasteiger partial charge in [-0.2, -0.15) is 4.31 Å². The zero-order valence-corrected chi connectivity index (χ0v) is 20.7. The third kappa shape index (κ3) is 6.38.